The highest BCUT2D eigenvalue weighted by atomic mass is 16.5. The third-order valence-corrected chi connectivity index (χ3v) is 3.73. The Balaban J connectivity index is 3.27. The Bertz CT molecular complexity index is 440. The molecule has 1 aliphatic carbocycles. The number of ether oxygens (including phenoxy) is 1. The van der Waals surface area contributed by atoms with Gasteiger partial charge in [-0.15, -0.1) is 0 Å². The van der Waals surface area contributed by atoms with Crippen LogP contribution in [0.3, 0.4) is 0 Å². The summed E-state index contributed by atoms with van der Waals surface area (Å²) in [5.74, 6) is -0.0224. The third kappa shape index (κ3) is 3.17. The molecule has 19 heavy (non-hydrogen) atoms. The van der Waals surface area contributed by atoms with E-state index >= 15 is 0 Å². The van der Waals surface area contributed by atoms with Gasteiger partial charge in [-0.2, -0.15) is 0 Å². The average Bonchev–Trinajstić information content (AvgIpc) is 2.28. The van der Waals surface area contributed by atoms with E-state index in [2.05, 4.69) is 39.0 Å². The Hall–Kier alpha value is -1.31. The smallest absolute Gasteiger partial charge is 0.316 e. The first-order valence-electron chi connectivity index (χ1n) is 7.08. The van der Waals surface area contributed by atoms with E-state index in [1.54, 1.807) is 0 Å². The summed E-state index contributed by atoms with van der Waals surface area (Å²) in [4.78, 5) is 12.4. The molecule has 0 aromatic carbocycles. The molecule has 0 heterocycles. The van der Waals surface area contributed by atoms with Crippen LogP contribution < -0.4 is 0 Å². The normalized spacial score (nSPS) is 27.7. The number of carbonyl (C=O) groups is 1. The highest BCUT2D eigenvalue weighted by molar-refractivity contribution is 5.81. The predicted molar refractivity (Wildman–Crippen MR) is 79.8 cm³/mol. The fourth-order valence-corrected chi connectivity index (χ4v) is 3.25. The van der Waals surface area contributed by atoms with Gasteiger partial charge in [-0.25, -0.2) is 0 Å². The first-order valence-corrected chi connectivity index (χ1v) is 7.08. The monoisotopic (exact) mass is 262 g/mol. The van der Waals surface area contributed by atoms with Crippen molar-refractivity contribution in [3.8, 4) is 0 Å². The molecular formula is C17H26O2. The van der Waals surface area contributed by atoms with Gasteiger partial charge in [0.05, 0.1) is 12.0 Å². The maximum Gasteiger partial charge on any atom is 0.316 e. The minimum atomic E-state index is -0.589. The topological polar surface area (TPSA) is 26.3 Å². The lowest BCUT2D eigenvalue weighted by atomic mass is 9.66. The number of carbonyl (C=O) groups excluding carboxylic acids is 1. The Kier molecular flexibility index (Phi) is 5.16. The van der Waals surface area contributed by atoms with Gasteiger partial charge < -0.3 is 4.74 Å². The Morgan fingerprint density at radius 2 is 2.05 bits per heavy atom. The van der Waals surface area contributed by atoms with Crippen molar-refractivity contribution >= 4 is 5.97 Å². The van der Waals surface area contributed by atoms with Crippen LogP contribution in [0.1, 0.15) is 48.0 Å². The van der Waals surface area contributed by atoms with Crippen LogP contribution in [0.15, 0.2) is 34.9 Å². The van der Waals surface area contributed by atoms with Gasteiger partial charge >= 0.3 is 5.97 Å². The quantitative estimate of drug-likeness (QED) is 0.553. The lowest BCUT2D eigenvalue weighted by Crippen LogP contribution is -2.39. The number of hydrogen-bond donors (Lipinski definition) is 0. The molecule has 0 aliphatic heterocycles. The van der Waals surface area contributed by atoms with Crippen LogP contribution in [0.4, 0.5) is 0 Å². The zero-order valence-electron chi connectivity index (χ0n) is 13.0. The van der Waals surface area contributed by atoms with E-state index in [0.29, 0.717) is 6.61 Å². The van der Waals surface area contributed by atoms with Gasteiger partial charge in [0.1, 0.15) is 0 Å². The molecule has 0 amide bonds. The summed E-state index contributed by atoms with van der Waals surface area (Å²) < 4.78 is 5.30. The van der Waals surface area contributed by atoms with Crippen molar-refractivity contribution in [3.63, 3.8) is 0 Å². The minimum Gasteiger partial charge on any atom is -0.465 e. The maximum atomic E-state index is 12.4. The summed E-state index contributed by atoms with van der Waals surface area (Å²) in [7, 11) is 0. The molecule has 0 saturated carbocycles. The van der Waals surface area contributed by atoms with Gasteiger partial charge in [-0.3, -0.25) is 4.79 Å². The van der Waals surface area contributed by atoms with Crippen LogP contribution in [0, 0.1) is 11.3 Å². The summed E-state index contributed by atoms with van der Waals surface area (Å²) in [5, 5.41) is 0. The van der Waals surface area contributed by atoms with Crippen molar-refractivity contribution in [2.45, 2.75) is 48.0 Å². The van der Waals surface area contributed by atoms with Crippen LogP contribution >= 0.6 is 0 Å². The molecule has 2 atom stereocenters. The molecule has 0 aromatic rings. The lowest BCUT2D eigenvalue weighted by Gasteiger charge is -2.37. The van der Waals surface area contributed by atoms with E-state index in [-0.39, 0.29) is 11.9 Å². The van der Waals surface area contributed by atoms with Gasteiger partial charge in [0, 0.05) is 5.92 Å². The Labute approximate surface area is 117 Å². The van der Waals surface area contributed by atoms with Gasteiger partial charge in [0.25, 0.3) is 0 Å². The minimum absolute atomic E-state index is 0.107. The van der Waals surface area contributed by atoms with E-state index in [9.17, 15) is 4.79 Å². The fraction of sp³-hybridized carbons (Fsp3) is 0.588. The van der Waals surface area contributed by atoms with Crippen molar-refractivity contribution in [1.29, 1.82) is 0 Å². The number of allylic oxidation sites excluding steroid dienone is 5. The van der Waals surface area contributed by atoms with Crippen molar-refractivity contribution in [2.24, 2.45) is 11.3 Å². The van der Waals surface area contributed by atoms with E-state index in [0.717, 1.165) is 12.0 Å². The molecule has 0 spiro atoms. The summed E-state index contributed by atoms with van der Waals surface area (Å²) in [6, 6.07) is 0. The number of hydrogen-bond acceptors (Lipinski definition) is 2. The lowest BCUT2D eigenvalue weighted by molar-refractivity contribution is -0.153. The highest BCUT2D eigenvalue weighted by Gasteiger charge is 2.43. The maximum absolute atomic E-state index is 12.4. The van der Waals surface area contributed by atoms with Crippen LogP contribution in [0.5, 0.6) is 0 Å². The third-order valence-electron chi connectivity index (χ3n) is 3.73. The van der Waals surface area contributed by atoms with E-state index < -0.39 is 5.41 Å². The molecule has 0 saturated heterocycles. The molecule has 1 rings (SSSR count). The fourth-order valence-electron chi connectivity index (χ4n) is 3.25. The summed E-state index contributed by atoms with van der Waals surface area (Å²) in [6.45, 7) is 12.6. The molecule has 0 unspecified atom stereocenters. The molecular weight excluding hydrogens is 236 g/mol. The molecule has 0 bridgehead atoms. The molecule has 2 heteroatoms. The largest absolute Gasteiger partial charge is 0.465 e. The first kappa shape index (κ1) is 15.7. The van der Waals surface area contributed by atoms with Crippen LogP contribution in [0.2, 0.25) is 0 Å². The molecule has 1 aliphatic rings. The second-order valence-electron chi connectivity index (χ2n) is 5.57. The first-order chi connectivity index (χ1) is 8.86. The predicted octanol–water partition coefficient (Wildman–Crippen LogP) is 4.43. The average molecular weight is 262 g/mol. The van der Waals surface area contributed by atoms with Gasteiger partial charge in [-0.05, 0) is 41.0 Å². The SMILES string of the molecule is CC/C=C(\C)[C@H]1C(C)=CC(C)=C[C@@]1(C)C(=O)OCC. The standard InChI is InChI=1S/C17H26O2/c1-7-9-13(4)15-14(5)10-12(3)11-17(15,6)16(18)19-8-2/h9-11,15H,7-8H2,1-6H3/b13-9+/t15-,17+/m0/s1. The Morgan fingerprint density at radius 3 is 2.58 bits per heavy atom. The molecule has 0 N–H and O–H groups in total. The van der Waals surface area contributed by atoms with Gasteiger partial charge in [0.2, 0.25) is 0 Å². The highest BCUT2D eigenvalue weighted by Crippen LogP contribution is 2.44. The van der Waals surface area contributed by atoms with Crippen molar-refractivity contribution in [3.05, 3.63) is 34.9 Å². The molecule has 0 aromatic heterocycles. The number of rotatable bonds is 4. The van der Waals surface area contributed by atoms with E-state index in [1.807, 2.05) is 20.8 Å². The summed E-state index contributed by atoms with van der Waals surface area (Å²) in [5.41, 5.74) is 3.02. The van der Waals surface area contributed by atoms with E-state index in [1.165, 1.54) is 11.1 Å². The van der Waals surface area contributed by atoms with Gasteiger partial charge in [-0.1, -0.05) is 41.9 Å². The molecule has 0 fully saturated rings. The van der Waals surface area contributed by atoms with Crippen LogP contribution in [0.25, 0.3) is 0 Å². The second-order valence-corrected chi connectivity index (χ2v) is 5.57. The zero-order valence-corrected chi connectivity index (χ0v) is 13.0. The molecule has 2 nitrogen and oxygen atoms in total. The second kappa shape index (κ2) is 6.23. The van der Waals surface area contributed by atoms with Crippen LogP contribution in [-0.2, 0) is 9.53 Å². The van der Waals surface area contributed by atoms with Gasteiger partial charge in [0.15, 0.2) is 0 Å². The molecule has 106 valence electrons. The van der Waals surface area contributed by atoms with Crippen LogP contribution in [-0.4, -0.2) is 12.6 Å². The summed E-state index contributed by atoms with van der Waals surface area (Å²) in [6.07, 6.45) is 7.40. The van der Waals surface area contributed by atoms with E-state index in [4.69, 9.17) is 4.74 Å². The van der Waals surface area contributed by atoms with Crippen molar-refractivity contribution < 1.29 is 9.53 Å². The van der Waals surface area contributed by atoms with Crippen molar-refractivity contribution in [1.82, 2.24) is 0 Å². The molecule has 0 radical (unpaired) electrons. The number of esters is 1. The zero-order chi connectivity index (χ0) is 14.6. The summed E-state index contributed by atoms with van der Waals surface area (Å²) >= 11 is 0. The Morgan fingerprint density at radius 1 is 1.42 bits per heavy atom. The van der Waals surface area contributed by atoms with Crippen molar-refractivity contribution in [2.75, 3.05) is 6.61 Å².